The van der Waals surface area contributed by atoms with Gasteiger partial charge in [0.1, 0.15) is 5.60 Å². The molecule has 2 heterocycles. The monoisotopic (exact) mass is 379 g/mol. The molecule has 0 bridgehead atoms. The minimum Gasteiger partial charge on any atom is -0.382 e. The number of piperidine rings is 1. The molecule has 1 aliphatic heterocycles. The predicted octanol–water partition coefficient (Wildman–Crippen LogP) is 3.83. The smallest absolute Gasteiger partial charge is 0.382 e. The van der Waals surface area contributed by atoms with Crippen molar-refractivity contribution < 1.29 is 18.3 Å². The van der Waals surface area contributed by atoms with E-state index in [2.05, 4.69) is 16.5 Å². The Kier molecular flexibility index (Phi) is 5.44. The maximum Gasteiger partial charge on any atom is 0.416 e. The summed E-state index contributed by atoms with van der Waals surface area (Å²) in [5, 5.41) is 11.6. The van der Waals surface area contributed by atoms with E-state index in [4.69, 9.17) is 0 Å². The zero-order chi connectivity index (χ0) is 19.7. The Bertz CT molecular complexity index is 761. The van der Waals surface area contributed by atoms with Gasteiger partial charge in [0.2, 0.25) is 0 Å². The van der Waals surface area contributed by atoms with Crippen LogP contribution in [-0.2, 0) is 18.3 Å². The van der Waals surface area contributed by atoms with E-state index in [0.29, 0.717) is 5.56 Å². The van der Waals surface area contributed by atoms with Crippen molar-refractivity contribution in [2.24, 2.45) is 0 Å². The van der Waals surface area contributed by atoms with Crippen LogP contribution in [0.2, 0.25) is 0 Å². The van der Waals surface area contributed by atoms with Gasteiger partial charge in [-0.3, -0.25) is 4.90 Å². The van der Waals surface area contributed by atoms with Crippen LogP contribution in [0.15, 0.2) is 55.1 Å². The van der Waals surface area contributed by atoms with Gasteiger partial charge in [0.25, 0.3) is 0 Å². The Balaban J connectivity index is 1.93. The SMILES string of the molecule is C=C1CCN([C@H](C)[C@](O)(Cn2ccnc2)c2ccc(C(F)(F)F)cc2)CC1. The topological polar surface area (TPSA) is 41.3 Å². The third kappa shape index (κ3) is 4.25. The second-order valence-corrected chi connectivity index (χ2v) is 7.20. The quantitative estimate of drug-likeness (QED) is 0.803. The molecule has 2 aromatic rings. The molecule has 7 heteroatoms. The lowest BCUT2D eigenvalue weighted by Crippen LogP contribution is -2.53. The van der Waals surface area contributed by atoms with Crippen LogP contribution in [0.3, 0.4) is 0 Å². The van der Waals surface area contributed by atoms with Gasteiger partial charge in [-0.1, -0.05) is 24.3 Å². The summed E-state index contributed by atoms with van der Waals surface area (Å²) in [5.74, 6) is 0. The van der Waals surface area contributed by atoms with E-state index in [1.165, 1.54) is 17.7 Å². The fourth-order valence-electron chi connectivity index (χ4n) is 3.60. The summed E-state index contributed by atoms with van der Waals surface area (Å²) >= 11 is 0. The van der Waals surface area contributed by atoms with Gasteiger partial charge in [0, 0.05) is 31.5 Å². The van der Waals surface area contributed by atoms with E-state index in [0.717, 1.165) is 38.1 Å². The molecule has 2 atom stereocenters. The number of aliphatic hydroxyl groups is 1. The molecule has 1 aromatic carbocycles. The lowest BCUT2D eigenvalue weighted by Gasteiger charge is -2.43. The van der Waals surface area contributed by atoms with E-state index in [9.17, 15) is 18.3 Å². The molecular formula is C20H24F3N3O. The van der Waals surface area contributed by atoms with E-state index in [1.54, 1.807) is 23.3 Å². The summed E-state index contributed by atoms with van der Waals surface area (Å²) < 4.78 is 40.5. The largest absolute Gasteiger partial charge is 0.416 e. The molecule has 1 saturated heterocycles. The van der Waals surface area contributed by atoms with Crippen LogP contribution in [0.5, 0.6) is 0 Å². The third-order valence-electron chi connectivity index (χ3n) is 5.44. The molecule has 1 fully saturated rings. The van der Waals surface area contributed by atoms with Crippen molar-refractivity contribution in [1.82, 2.24) is 14.5 Å². The minimum atomic E-state index is -4.40. The first-order valence-electron chi connectivity index (χ1n) is 8.97. The number of alkyl halides is 3. The number of imidazole rings is 1. The maximum absolute atomic E-state index is 12.9. The van der Waals surface area contributed by atoms with Crippen LogP contribution in [-0.4, -0.2) is 38.7 Å². The van der Waals surface area contributed by atoms with E-state index in [1.807, 2.05) is 6.92 Å². The minimum absolute atomic E-state index is 0.205. The van der Waals surface area contributed by atoms with Crippen LogP contribution in [0, 0.1) is 0 Å². The molecule has 0 unspecified atom stereocenters. The maximum atomic E-state index is 12.9. The summed E-state index contributed by atoms with van der Waals surface area (Å²) in [4.78, 5) is 6.18. The molecule has 0 radical (unpaired) electrons. The van der Waals surface area contributed by atoms with Crippen LogP contribution in [0.25, 0.3) is 0 Å². The molecule has 0 amide bonds. The average Bonchev–Trinajstić information content (AvgIpc) is 3.14. The predicted molar refractivity (Wildman–Crippen MR) is 97.0 cm³/mol. The first-order chi connectivity index (χ1) is 12.7. The number of benzene rings is 1. The van der Waals surface area contributed by atoms with Gasteiger partial charge in [-0.15, -0.1) is 0 Å². The molecular weight excluding hydrogens is 355 g/mol. The molecule has 27 heavy (non-hydrogen) atoms. The number of likely N-dealkylation sites (tertiary alicyclic amines) is 1. The molecule has 4 nitrogen and oxygen atoms in total. The lowest BCUT2D eigenvalue weighted by molar-refractivity contribution is -0.137. The van der Waals surface area contributed by atoms with E-state index in [-0.39, 0.29) is 12.6 Å². The van der Waals surface area contributed by atoms with Crippen LogP contribution in [0.4, 0.5) is 13.2 Å². The first kappa shape index (κ1) is 19.6. The van der Waals surface area contributed by atoms with Crippen molar-refractivity contribution in [2.75, 3.05) is 13.1 Å². The van der Waals surface area contributed by atoms with Crippen molar-refractivity contribution >= 4 is 0 Å². The van der Waals surface area contributed by atoms with Crippen LogP contribution >= 0.6 is 0 Å². The normalized spacial score (nSPS) is 19.7. The lowest BCUT2D eigenvalue weighted by atomic mass is 9.84. The molecule has 1 aliphatic rings. The van der Waals surface area contributed by atoms with E-state index < -0.39 is 17.3 Å². The molecule has 0 aliphatic carbocycles. The summed E-state index contributed by atoms with van der Waals surface area (Å²) in [7, 11) is 0. The van der Waals surface area contributed by atoms with Crippen molar-refractivity contribution in [1.29, 1.82) is 0 Å². The Morgan fingerprint density at radius 1 is 1.15 bits per heavy atom. The molecule has 146 valence electrons. The molecule has 0 spiro atoms. The third-order valence-corrected chi connectivity index (χ3v) is 5.44. The van der Waals surface area contributed by atoms with Gasteiger partial charge in [0.15, 0.2) is 0 Å². The van der Waals surface area contributed by atoms with Gasteiger partial charge < -0.3 is 9.67 Å². The van der Waals surface area contributed by atoms with Crippen molar-refractivity contribution in [3.8, 4) is 0 Å². The van der Waals surface area contributed by atoms with Gasteiger partial charge in [-0.25, -0.2) is 4.98 Å². The Morgan fingerprint density at radius 3 is 2.26 bits per heavy atom. The second kappa shape index (κ2) is 7.48. The molecule has 1 aromatic heterocycles. The van der Waals surface area contributed by atoms with Crippen LogP contribution in [0.1, 0.15) is 30.9 Å². The number of nitrogens with zero attached hydrogens (tertiary/aromatic N) is 3. The van der Waals surface area contributed by atoms with Crippen molar-refractivity contribution in [3.63, 3.8) is 0 Å². The van der Waals surface area contributed by atoms with Gasteiger partial charge in [-0.05, 0) is 37.5 Å². The standard InChI is InChI=1S/C20H24F3N3O/c1-15-7-10-26(11-8-15)16(2)19(27,13-25-12-9-24-14-25)17-3-5-18(6-4-17)20(21,22)23/h3-6,9,12,14,16,27H,1,7-8,10-11,13H2,2H3/t16-,19-/m1/s1. The number of halogens is 3. The fraction of sp³-hybridized carbons (Fsp3) is 0.450. The first-order valence-corrected chi connectivity index (χ1v) is 8.97. The zero-order valence-electron chi connectivity index (χ0n) is 15.3. The highest BCUT2D eigenvalue weighted by Crippen LogP contribution is 2.35. The van der Waals surface area contributed by atoms with Crippen molar-refractivity contribution in [2.45, 2.75) is 44.1 Å². The molecule has 1 N–H and O–H groups in total. The average molecular weight is 379 g/mol. The summed E-state index contributed by atoms with van der Waals surface area (Å²) in [5.41, 5.74) is -0.436. The van der Waals surface area contributed by atoms with Crippen LogP contribution < -0.4 is 0 Å². The highest BCUT2D eigenvalue weighted by molar-refractivity contribution is 5.30. The summed E-state index contributed by atoms with van der Waals surface area (Å²) in [6.07, 6.45) is 2.26. The summed E-state index contributed by atoms with van der Waals surface area (Å²) in [6.45, 7) is 7.68. The molecule has 0 saturated carbocycles. The second-order valence-electron chi connectivity index (χ2n) is 7.20. The highest BCUT2D eigenvalue weighted by Gasteiger charge is 2.40. The van der Waals surface area contributed by atoms with Crippen molar-refractivity contribution in [3.05, 3.63) is 66.3 Å². The Morgan fingerprint density at radius 2 is 1.74 bits per heavy atom. The van der Waals surface area contributed by atoms with Gasteiger partial charge in [0.05, 0.1) is 18.4 Å². The summed E-state index contributed by atoms with van der Waals surface area (Å²) in [6, 6.07) is 4.51. The number of hydrogen-bond donors (Lipinski definition) is 1. The Labute approximate surface area is 156 Å². The number of hydrogen-bond acceptors (Lipinski definition) is 3. The van der Waals surface area contributed by atoms with E-state index >= 15 is 0 Å². The van der Waals surface area contributed by atoms with Gasteiger partial charge in [-0.2, -0.15) is 13.2 Å². The highest BCUT2D eigenvalue weighted by atomic mass is 19.4. The van der Waals surface area contributed by atoms with Gasteiger partial charge >= 0.3 is 6.18 Å². The Hall–Kier alpha value is -2.12. The number of aromatic nitrogens is 2. The molecule has 3 rings (SSSR count). The zero-order valence-corrected chi connectivity index (χ0v) is 15.3. The fourth-order valence-corrected chi connectivity index (χ4v) is 3.60. The number of rotatable bonds is 5.